The Morgan fingerprint density at radius 1 is 1.04 bits per heavy atom. The minimum Gasteiger partial charge on any atom is -0.348 e. The van der Waals surface area contributed by atoms with Crippen LogP contribution < -0.4 is 5.32 Å². The maximum absolute atomic E-state index is 13.0. The van der Waals surface area contributed by atoms with Crippen molar-refractivity contribution in [3.05, 3.63) is 48.0 Å². The summed E-state index contributed by atoms with van der Waals surface area (Å²) in [5, 5.41) is 7.40. The van der Waals surface area contributed by atoms with Crippen LogP contribution in [0.2, 0.25) is 0 Å². The number of benzene rings is 1. The van der Waals surface area contributed by atoms with Gasteiger partial charge in [-0.05, 0) is 43.2 Å². The normalized spacial score (nSPS) is 16.6. The van der Waals surface area contributed by atoms with Crippen LogP contribution in [0, 0.1) is 5.82 Å². The van der Waals surface area contributed by atoms with Crippen molar-refractivity contribution in [1.29, 1.82) is 0 Å². The van der Waals surface area contributed by atoms with Gasteiger partial charge >= 0.3 is 0 Å². The van der Waals surface area contributed by atoms with E-state index in [1.54, 1.807) is 29.1 Å². The molecule has 0 aliphatic heterocycles. The van der Waals surface area contributed by atoms with Crippen LogP contribution in [0.3, 0.4) is 0 Å². The van der Waals surface area contributed by atoms with E-state index in [1.165, 1.54) is 44.2 Å². The molecule has 1 aliphatic carbocycles. The summed E-state index contributed by atoms with van der Waals surface area (Å²) in [6.45, 7) is 0. The molecule has 2 aromatic rings. The van der Waals surface area contributed by atoms with Crippen molar-refractivity contribution in [2.75, 3.05) is 0 Å². The zero-order valence-electron chi connectivity index (χ0n) is 13.2. The lowest BCUT2D eigenvalue weighted by molar-refractivity contribution is 0.0925. The monoisotopic (exact) mass is 315 g/mol. The highest BCUT2D eigenvalue weighted by Gasteiger charge is 2.17. The van der Waals surface area contributed by atoms with Crippen molar-refractivity contribution in [2.24, 2.45) is 0 Å². The summed E-state index contributed by atoms with van der Waals surface area (Å²) in [7, 11) is 0. The topological polar surface area (TPSA) is 46.9 Å². The average molecular weight is 315 g/mol. The zero-order valence-corrected chi connectivity index (χ0v) is 13.2. The van der Waals surface area contributed by atoms with Crippen LogP contribution in [-0.4, -0.2) is 21.7 Å². The molecule has 0 bridgehead atoms. The second-order valence-electron chi connectivity index (χ2n) is 6.14. The van der Waals surface area contributed by atoms with Crippen LogP contribution in [0.5, 0.6) is 0 Å². The first-order chi connectivity index (χ1) is 11.2. The van der Waals surface area contributed by atoms with Crippen molar-refractivity contribution in [2.45, 2.75) is 51.0 Å². The SMILES string of the molecule is O=C(NC1CCCCCCC1)c1ccn(-c2ccc(F)cc2)n1. The van der Waals surface area contributed by atoms with E-state index in [4.69, 9.17) is 0 Å². The van der Waals surface area contributed by atoms with E-state index in [0.717, 1.165) is 18.5 Å². The molecule has 1 fully saturated rings. The van der Waals surface area contributed by atoms with E-state index < -0.39 is 0 Å². The van der Waals surface area contributed by atoms with Crippen molar-refractivity contribution < 1.29 is 9.18 Å². The van der Waals surface area contributed by atoms with Crippen molar-refractivity contribution in [3.63, 3.8) is 0 Å². The molecule has 23 heavy (non-hydrogen) atoms. The molecule has 0 atom stereocenters. The van der Waals surface area contributed by atoms with Crippen molar-refractivity contribution >= 4 is 5.91 Å². The van der Waals surface area contributed by atoms with Gasteiger partial charge < -0.3 is 5.32 Å². The molecule has 0 spiro atoms. The Morgan fingerprint density at radius 3 is 2.39 bits per heavy atom. The first-order valence-corrected chi connectivity index (χ1v) is 8.35. The summed E-state index contributed by atoms with van der Waals surface area (Å²) in [5.41, 5.74) is 1.13. The van der Waals surface area contributed by atoms with E-state index in [1.807, 2.05) is 0 Å². The van der Waals surface area contributed by atoms with Gasteiger partial charge in [-0.2, -0.15) is 5.10 Å². The average Bonchev–Trinajstić information content (AvgIpc) is 3.00. The van der Waals surface area contributed by atoms with Crippen LogP contribution in [0.1, 0.15) is 55.4 Å². The predicted octanol–water partition coefficient (Wildman–Crippen LogP) is 3.85. The van der Waals surface area contributed by atoms with Crippen molar-refractivity contribution in [1.82, 2.24) is 15.1 Å². The number of carbonyl (C=O) groups excluding carboxylic acids is 1. The number of nitrogens with zero attached hydrogens (tertiary/aromatic N) is 2. The highest BCUT2D eigenvalue weighted by Crippen LogP contribution is 2.17. The Hall–Kier alpha value is -2.17. The molecule has 1 aromatic carbocycles. The van der Waals surface area contributed by atoms with Gasteiger partial charge in [-0.15, -0.1) is 0 Å². The van der Waals surface area contributed by atoms with E-state index in [-0.39, 0.29) is 17.8 Å². The van der Waals surface area contributed by atoms with Gasteiger partial charge in [-0.3, -0.25) is 4.79 Å². The summed E-state index contributed by atoms with van der Waals surface area (Å²) in [6.07, 6.45) is 9.99. The lowest BCUT2D eigenvalue weighted by atomic mass is 9.96. The lowest BCUT2D eigenvalue weighted by Gasteiger charge is -2.20. The standard InChI is InChI=1S/C18H22FN3O/c19-14-8-10-16(11-9-14)22-13-12-17(21-22)18(23)20-15-6-4-2-1-3-5-7-15/h8-13,15H,1-7H2,(H,20,23). The van der Waals surface area contributed by atoms with Crippen LogP contribution in [0.15, 0.2) is 36.5 Å². The summed E-state index contributed by atoms with van der Waals surface area (Å²) in [5.74, 6) is -0.417. The Labute approximate surface area is 135 Å². The fourth-order valence-corrected chi connectivity index (χ4v) is 3.04. The van der Waals surface area contributed by atoms with E-state index in [9.17, 15) is 9.18 Å². The Bertz CT molecular complexity index is 643. The number of hydrogen-bond donors (Lipinski definition) is 1. The molecule has 1 aliphatic rings. The molecule has 1 heterocycles. The van der Waals surface area contributed by atoms with Gasteiger partial charge in [0.15, 0.2) is 5.69 Å². The zero-order chi connectivity index (χ0) is 16.1. The molecular formula is C18H22FN3O. The largest absolute Gasteiger partial charge is 0.348 e. The summed E-state index contributed by atoms with van der Waals surface area (Å²) >= 11 is 0. The second kappa shape index (κ2) is 7.40. The maximum atomic E-state index is 13.0. The summed E-state index contributed by atoms with van der Waals surface area (Å²) in [6, 6.07) is 7.98. The van der Waals surface area contributed by atoms with Gasteiger partial charge in [0, 0.05) is 12.2 Å². The third-order valence-corrected chi connectivity index (χ3v) is 4.35. The molecule has 0 saturated heterocycles. The minimum absolute atomic E-state index is 0.128. The smallest absolute Gasteiger partial charge is 0.272 e. The highest BCUT2D eigenvalue weighted by atomic mass is 19.1. The minimum atomic E-state index is -0.289. The van der Waals surface area contributed by atoms with Gasteiger partial charge in [0.25, 0.3) is 5.91 Å². The fourth-order valence-electron chi connectivity index (χ4n) is 3.04. The molecular weight excluding hydrogens is 293 g/mol. The van der Waals surface area contributed by atoms with Crippen LogP contribution >= 0.6 is 0 Å². The van der Waals surface area contributed by atoms with E-state index in [2.05, 4.69) is 10.4 Å². The fraction of sp³-hybridized carbons (Fsp3) is 0.444. The molecule has 1 saturated carbocycles. The highest BCUT2D eigenvalue weighted by molar-refractivity contribution is 5.92. The van der Waals surface area contributed by atoms with Gasteiger partial charge in [0.2, 0.25) is 0 Å². The van der Waals surface area contributed by atoms with Gasteiger partial charge in [-0.25, -0.2) is 9.07 Å². The summed E-state index contributed by atoms with van der Waals surface area (Å²) in [4.78, 5) is 12.4. The molecule has 0 unspecified atom stereocenters. The molecule has 5 heteroatoms. The number of halogens is 1. The van der Waals surface area contributed by atoms with Crippen molar-refractivity contribution in [3.8, 4) is 5.69 Å². The number of carbonyl (C=O) groups is 1. The number of nitrogens with one attached hydrogen (secondary N) is 1. The third kappa shape index (κ3) is 4.18. The van der Waals surface area contributed by atoms with Crippen LogP contribution in [-0.2, 0) is 0 Å². The summed E-state index contributed by atoms with van der Waals surface area (Å²) < 4.78 is 14.6. The Balaban J connectivity index is 1.64. The quantitative estimate of drug-likeness (QED) is 0.935. The molecule has 1 aromatic heterocycles. The first kappa shape index (κ1) is 15.7. The second-order valence-corrected chi connectivity index (χ2v) is 6.14. The van der Waals surface area contributed by atoms with Gasteiger partial charge in [0.1, 0.15) is 5.82 Å². The van der Waals surface area contributed by atoms with Crippen LogP contribution in [0.4, 0.5) is 4.39 Å². The Morgan fingerprint density at radius 2 is 1.70 bits per heavy atom. The van der Waals surface area contributed by atoms with Gasteiger partial charge in [0.05, 0.1) is 5.69 Å². The van der Waals surface area contributed by atoms with E-state index in [0.29, 0.717) is 5.69 Å². The Kier molecular flexibility index (Phi) is 5.05. The maximum Gasteiger partial charge on any atom is 0.272 e. The first-order valence-electron chi connectivity index (χ1n) is 8.35. The molecule has 3 rings (SSSR count). The third-order valence-electron chi connectivity index (χ3n) is 4.35. The molecule has 4 nitrogen and oxygen atoms in total. The lowest BCUT2D eigenvalue weighted by Crippen LogP contribution is -2.35. The number of hydrogen-bond acceptors (Lipinski definition) is 2. The van der Waals surface area contributed by atoms with E-state index >= 15 is 0 Å². The number of rotatable bonds is 3. The molecule has 122 valence electrons. The molecule has 1 amide bonds. The predicted molar refractivity (Wildman–Crippen MR) is 87.1 cm³/mol. The van der Waals surface area contributed by atoms with Crippen LogP contribution in [0.25, 0.3) is 5.69 Å². The van der Waals surface area contributed by atoms with Gasteiger partial charge in [-0.1, -0.05) is 32.1 Å². The number of aromatic nitrogens is 2. The molecule has 1 N–H and O–H groups in total. The number of amides is 1. The molecule has 0 radical (unpaired) electrons.